The van der Waals surface area contributed by atoms with Crippen molar-refractivity contribution in [2.75, 3.05) is 10.8 Å². The first kappa shape index (κ1) is 11.5. The third-order valence-electron chi connectivity index (χ3n) is 2.32. The Labute approximate surface area is 98.4 Å². The molecule has 1 heterocycles. The van der Waals surface area contributed by atoms with Gasteiger partial charge in [-0.15, -0.1) is 0 Å². The van der Waals surface area contributed by atoms with Crippen LogP contribution in [-0.4, -0.2) is 26.0 Å². The van der Waals surface area contributed by atoms with E-state index in [4.69, 9.17) is 0 Å². The largest absolute Gasteiger partial charge is 0.506 e. The number of carbonyl (C=O) groups excluding carboxylic acids is 1. The highest BCUT2D eigenvalue weighted by molar-refractivity contribution is 7.92. The molecule has 6 nitrogen and oxygen atoms in total. The smallest absolute Gasteiger partial charge is 0.326 e. The van der Waals surface area contributed by atoms with Gasteiger partial charge in [0.2, 0.25) is 0 Å². The number of carbonyl (C=O) groups is 1. The predicted molar refractivity (Wildman–Crippen MR) is 62.6 cm³/mol. The Hall–Kier alpha value is -2.02. The number of nitrogens with zero attached hydrogens (tertiary/aromatic N) is 1. The summed E-state index contributed by atoms with van der Waals surface area (Å²) in [6, 6.07) is 4.39. The summed E-state index contributed by atoms with van der Waals surface area (Å²) in [6.07, 6.45) is 1.52. The molecule has 1 aliphatic rings. The molecule has 0 atom stereocenters. The number of benzene rings is 1. The van der Waals surface area contributed by atoms with E-state index in [-0.39, 0.29) is 18.0 Å². The first-order valence-electron chi connectivity index (χ1n) is 4.73. The molecular formula is C10H10N2O4S. The molecule has 0 saturated carbocycles. The second kappa shape index (κ2) is 3.77. The van der Waals surface area contributed by atoms with Gasteiger partial charge in [-0.3, -0.25) is 4.79 Å². The second-order valence-corrected chi connectivity index (χ2v) is 5.08. The molecule has 0 unspecified atom stereocenters. The molecule has 1 saturated heterocycles. The van der Waals surface area contributed by atoms with Gasteiger partial charge in [-0.1, -0.05) is 18.7 Å². The fraction of sp³-hybridized carbons (Fsp3) is 0.100. The van der Waals surface area contributed by atoms with Gasteiger partial charge in [0.25, 0.3) is 5.91 Å². The molecule has 0 aromatic heterocycles. The average Bonchev–Trinajstić information content (AvgIpc) is 2.51. The van der Waals surface area contributed by atoms with E-state index >= 15 is 0 Å². The zero-order chi connectivity index (χ0) is 12.6. The molecular weight excluding hydrogens is 244 g/mol. The summed E-state index contributed by atoms with van der Waals surface area (Å²) in [7, 11) is -3.88. The molecule has 0 aliphatic carbocycles. The number of nitrogens with one attached hydrogen (secondary N) is 1. The van der Waals surface area contributed by atoms with Crippen molar-refractivity contribution in [1.82, 2.24) is 4.72 Å². The van der Waals surface area contributed by atoms with Crippen molar-refractivity contribution in [3.8, 4) is 5.75 Å². The summed E-state index contributed by atoms with van der Waals surface area (Å²) in [4.78, 5) is 11.0. The lowest BCUT2D eigenvalue weighted by atomic mass is 10.2. The summed E-state index contributed by atoms with van der Waals surface area (Å²) in [5, 5.41) is 9.71. The van der Waals surface area contributed by atoms with Crippen molar-refractivity contribution in [3.63, 3.8) is 0 Å². The summed E-state index contributed by atoms with van der Waals surface area (Å²) in [6.45, 7) is 3.20. The molecule has 1 fully saturated rings. The Morgan fingerprint density at radius 2 is 2.18 bits per heavy atom. The molecule has 1 aromatic carbocycles. The zero-order valence-electron chi connectivity index (χ0n) is 8.75. The first-order chi connectivity index (χ1) is 7.94. The summed E-state index contributed by atoms with van der Waals surface area (Å²) in [5.74, 6) is -0.848. The Balaban J connectivity index is 2.48. The maximum absolute atomic E-state index is 11.5. The standard InChI is InChI=1S/C10H10N2O4S/c1-2-7-3-4-8(9(13)5-7)12-6-10(14)11-17(12,15)16/h2-5,13H,1,6H2,(H,11,14). The van der Waals surface area contributed by atoms with Crippen LogP contribution in [0.4, 0.5) is 5.69 Å². The third kappa shape index (κ3) is 1.96. The number of phenolic OH excluding ortho intramolecular Hbond substituents is 1. The maximum atomic E-state index is 11.5. The lowest BCUT2D eigenvalue weighted by Crippen LogP contribution is -2.29. The van der Waals surface area contributed by atoms with E-state index in [0.717, 1.165) is 4.31 Å². The molecule has 0 radical (unpaired) electrons. The van der Waals surface area contributed by atoms with Gasteiger partial charge >= 0.3 is 10.2 Å². The fourth-order valence-electron chi connectivity index (χ4n) is 1.54. The van der Waals surface area contributed by atoms with Crippen molar-refractivity contribution in [3.05, 3.63) is 30.3 Å². The van der Waals surface area contributed by atoms with Crippen LogP contribution in [0.1, 0.15) is 5.56 Å². The van der Waals surface area contributed by atoms with Crippen LogP contribution in [0, 0.1) is 0 Å². The Morgan fingerprint density at radius 3 is 2.65 bits per heavy atom. The van der Waals surface area contributed by atoms with Crippen molar-refractivity contribution in [2.45, 2.75) is 0 Å². The molecule has 0 bridgehead atoms. The van der Waals surface area contributed by atoms with Crippen LogP contribution in [0.2, 0.25) is 0 Å². The van der Waals surface area contributed by atoms with Gasteiger partial charge in [-0.05, 0) is 17.7 Å². The monoisotopic (exact) mass is 254 g/mol. The van der Waals surface area contributed by atoms with E-state index in [1.54, 1.807) is 6.07 Å². The van der Waals surface area contributed by atoms with Crippen LogP contribution in [-0.2, 0) is 15.0 Å². The Kier molecular flexibility index (Phi) is 2.55. The number of aromatic hydroxyl groups is 1. The number of rotatable bonds is 2. The van der Waals surface area contributed by atoms with Crippen LogP contribution >= 0.6 is 0 Å². The van der Waals surface area contributed by atoms with Crippen LogP contribution in [0.15, 0.2) is 24.8 Å². The molecule has 1 amide bonds. The first-order valence-corrected chi connectivity index (χ1v) is 6.17. The van der Waals surface area contributed by atoms with Gasteiger partial charge in [0.1, 0.15) is 12.3 Å². The normalized spacial score (nSPS) is 17.9. The van der Waals surface area contributed by atoms with E-state index < -0.39 is 16.1 Å². The van der Waals surface area contributed by atoms with Crippen molar-refractivity contribution < 1.29 is 18.3 Å². The van der Waals surface area contributed by atoms with Gasteiger partial charge in [0.05, 0.1) is 5.69 Å². The number of hydrogen-bond donors (Lipinski definition) is 2. The lowest BCUT2D eigenvalue weighted by molar-refractivity contribution is -0.117. The summed E-state index contributed by atoms with van der Waals surface area (Å²) >= 11 is 0. The van der Waals surface area contributed by atoms with Crippen LogP contribution in [0.3, 0.4) is 0 Å². The molecule has 1 aliphatic heterocycles. The van der Waals surface area contributed by atoms with E-state index in [0.29, 0.717) is 5.56 Å². The minimum atomic E-state index is -3.88. The van der Waals surface area contributed by atoms with E-state index in [2.05, 4.69) is 6.58 Å². The Morgan fingerprint density at radius 1 is 1.47 bits per heavy atom. The van der Waals surface area contributed by atoms with Gasteiger partial charge in [-0.2, -0.15) is 8.42 Å². The van der Waals surface area contributed by atoms with Crippen LogP contribution in [0.5, 0.6) is 5.75 Å². The van der Waals surface area contributed by atoms with Gasteiger partial charge in [0, 0.05) is 0 Å². The second-order valence-electron chi connectivity index (χ2n) is 3.49. The molecule has 17 heavy (non-hydrogen) atoms. The van der Waals surface area contributed by atoms with Gasteiger partial charge in [-0.25, -0.2) is 9.03 Å². The quantitative estimate of drug-likeness (QED) is 0.790. The third-order valence-corrected chi connectivity index (χ3v) is 3.72. The topological polar surface area (TPSA) is 86.7 Å². The Bertz CT molecular complexity index is 594. The van der Waals surface area contributed by atoms with E-state index in [1.165, 1.54) is 18.2 Å². The molecule has 1 aromatic rings. The van der Waals surface area contributed by atoms with Gasteiger partial charge < -0.3 is 5.11 Å². The summed E-state index contributed by atoms with van der Waals surface area (Å²) < 4.78 is 25.7. The molecule has 2 rings (SSSR count). The number of hydrogen-bond acceptors (Lipinski definition) is 4. The molecule has 0 spiro atoms. The molecule has 90 valence electrons. The highest BCUT2D eigenvalue weighted by Crippen LogP contribution is 2.31. The van der Waals surface area contributed by atoms with Crippen LogP contribution in [0.25, 0.3) is 6.08 Å². The molecule has 2 N–H and O–H groups in total. The average molecular weight is 254 g/mol. The lowest BCUT2D eigenvalue weighted by Gasteiger charge is -2.16. The van der Waals surface area contributed by atoms with Crippen molar-refractivity contribution in [1.29, 1.82) is 0 Å². The fourth-order valence-corrected chi connectivity index (χ4v) is 2.70. The maximum Gasteiger partial charge on any atom is 0.326 e. The number of phenols is 1. The minimum absolute atomic E-state index is 0.0638. The molecule has 7 heteroatoms. The van der Waals surface area contributed by atoms with Crippen LogP contribution < -0.4 is 9.03 Å². The minimum Gasteiger partial charge on any atom is -0.506 e. The van der Waals surface area contributed by atoms with Gasteiger partial charge in [0.15, 0.2) is 0 Å². The highest BCUT2D eigenvalue weighted by atomic mass is 32.2. The summed E-state index contributed by atoms with van der Waals surface area (Å²) in [5.41, 5.74) is 0.719. The number of amides is 1. The number of anilines is 1. The predicted octanol–water partition coefficient (Wildman–Crippen LogP) is 0.216. The van der Waals surface area contributed by atoms with Crippen molar-refractivity contribution >= 4 is 27.9 Å². The van der Waals surface area contributed by atoms with E-state index in [1.807, 2.05) is 4.72 Å². The highest BCUT2D eigenvalue weighted by Gasteiger charge is 2.35. The SMILES string of the molecule is C=Cc1ccc(N2CC(=O)NS2(=O)=O)c(O)c1. The van der Waals surface area contributed by atoms with E-state index in [9.17, 15) is 18.3 Å². The van der Waals surface area contributed by atoms with Crippen molar-refractivity contribution in [2.24, 2.45) is 0 Å². The zero-order valence-corrected chi connectivity index (χ0v) is 9.57.